The molecular formula is C13H8N2O2S2. The average molecular weight is 288 g/mol. The van der Waals surface area contributed by atoms with Crippen LogP contribution in [0.3, 0.4) is 0 Å². The second-order valence-corrected chi connectivity index (χ2v) is 5.46. The number of hydrogen-bond acceptors (Lipinski definition) is 5. The fourth-order valence-corrected chi connectivity index (χ4v) is 3.19. The molecule has 4 nitrogen and oxygen atoms in total. The zero-order valence-electron chi connectivity index (χ0n) is 9.61. The second kappa shape index (κ2) is 4.91. The summed E-state index contributed by atoms with van der Waals surface area (Å²) in [7, 11) is 0. The van der Waals surface area contributed by atoms with Gasteiger partial charge in [-0.25, -0.2) is 14.8 Å². The number of hydrogen-bond donors (Lipinski definition) is 1. The third kappa shape index (κ3) is 2.27. The van der Waals surface area contributed by atoms with E-state index in [0.717, 1.165) is 22.6 Å². The summed E-state index contributed by atoms with van der Waals surface area (Å²) in [4.78, 5) is 20.2. The number of aromatic carboxylic acids is 1. The molecule has 0 aliphatic heterocycles. The average Bonchev–Trinajstić information content (AvgIpc) is 3.08. The van der Waals surface area contributed by atoms with E-state index in [-0.39, 0.29) is 4.88 Å². The number of thiazole rings is 2. The fraction of sp³-hybridized carbons (Fsp3) is 0. The fourth-order valence-electron chi connectivity index (χ4n) is 1.68. The van der Waals surface area contributed by atoms with Crippen molar-refractivity contribution in [1.82, 2.24) is 9.97 Å². The number of carboxylic acids is 1. The predicted octanol–water partition coefficient (Wildman–Crippen LogP) is 3.63. The lowest BCUT2D eigenvalue weighted by Gasteiger charge is -1.97. The van der Waals surface area contributed by atoms with Crippen molar-refractivity contribution in [2.75, 3.05) is 0 Å². The van der Waals surface area contributed by atoms with Crippen LogP contribution < -0.4 is 0 Å². The zero-order valence-corrected chi connectivity index (χ0v) is 11.2. The molecule has 0 radical (unpaired) electrons. The van der Waals surface area contributed by atoms with Crippen LogP contribution in [0.15, 0.2) is 41.2 Å². The monoisotopic (exact) mass is 288 g/mol. The van der Waals surface area contributed by atoms with Gasteiger partial charge < -0.3 is 5.11 Å². The van der Waals surface area contributed by atoms with Crippen molar-refractivity contribution >= 4 is 28.6 Å². The molecule has 0 aliphatic rings. The maximum Gasteiger partial charge on any atom is 0.348 e. The van der Waals surface area contributed by atoms with Gasteiger partial charge >= 0.3 is 5.97 Å². The Bertz CT molecular complexity index is 706. The molecule has 0 amide bonds. The molecule has 94 valence electrons. The molecule has 0 unspecified atom stereocenters. The highest BCUT2D eigenvalue weighted by molar-refractivity contribution is 7.17. The van der Waals surface area contributed by atoms with Gasteiger partial charge in [-0.2, -0.15) is 0 Å². The summed E-state index contributed by atoms with van der Waals surface area (Å²) in [6, 6.07) is 9.32. The zero-order chi connectivity index (χ0) is 13.2. The summed E-state index contributed by atoms with van der Waals surface area (Å²) in [5.41, 5.74) is 3.73. The normalized spacial score (nSPS) is 10.5. The number of rotatable bonds is 3. The van der Waals surface area contributed by atoms with E-state index >= 15 is 0 Å². The molecule has 3 rings (SSSR count). The van der Waals surface area contributed by atoms with E-state index in [1.807, 2.05) is 35.7 Å². The minimum absolute atomic E-state index is 0.245. The van der Waals surface area contributed by atoms with Crippen molar-refractivity contribution in [2.24, 2.45) is 0 Å². The van der Waals surface area contributed by atoms with Crippen molar-refractivity contribution in [1.29, 1.82) is 0 Å². The summed E-state index contributed by atoms with van der Waals surface area (Å²) in [5.74, 6) is -0.960. The van der Waals surface area contributed by atoms with E-state index in [1.165, 1.54) is 11.3 Å². The highest BCUT2D eigenvalue weighted by Crippen LogP contribution is 2.33. The first-order valence-corrected chi connectivity index (χ1v) is 7.20. The van der Waals surface area contributed by atoms with Crippen LogP contribution in [-0.4, -0.2) is 21.0 Å². The van der Waals surface area contributed by atoms with Gasteiger partial charge in [-0.05, 0) is 0 Å². The molecule has 0 spiro atoms. The van der Waals surface area contributed by atoms with Gasteiger partial charge in [0.2, 0.25) is 0 Å². The van der Waals surface area contributed by atoms with Gasteiger partial charge in [0.05, 0.1) is 11.2 Å². The standard InChI is InChI=1S/C13H8N2O2S2/c16-13(17)11-10(8-4-2-1-3-5-8)15-12(19-11)9-6-18-7-14-9/h1-7H,(H,16,17). The van der Waals surface area contributed by atoms with Crippen LogP contribution in [0.5, 0.6) is 0 Å². The number of carboxylic acid groups (broad SMARTS) is 1. The number of benzene rings is 1. The van der Waals surface area contributed by atoms with Crippen LogP contribution in [0.1, 0.15) is 9.67 Å². The summed E-state index contributed by atoms with van der Waals surface area (Å²) in [6.07, 6.45) is 0. The van der Waals surface area contributed by atoms with Crippen LogP contribution in [-0.2, 0) is 0 Å². The first-order chi connectivity index (χ1) is 9.25. The van der Waals surface area contributed by atoms with Crippen molar-refractivity contribution in [3.05, 3.63) is 46.1 Å². The molecule has 0 atom stereocenters. The van der Waals surface area contributed by atoms with E-state index in [2.05, 4.69) is 9.97 Å². The van der Waals surface area contributed by atoms with Gasteiger partial charge in [0.1, 0.15) is 15.6 Å². The second-order valence-electron chi connectivity index (χ2n) is 3.74. The van der Waals surface area contributed by atoms with Crippen molar-refractivity contribution in [3.63, 3.8) is 0 Å². The molecule has 6 heteroatoms. The summed E-state index contributed by atoms with van der Waals surface area (Å²) in [6.45, 7) is 0. The molecule has 3 aromatic rings. The van der Waals surface area contributed by atoms with Crippen LogP contribution in [0.4, 0.5) is 0 Å². The maximum absolute atomic E-state index is 11.3. The highest BCUT2D eigenvalue weighted by Gasteiger charge is 2.19. The number of aromatic nitrogens is 2. The third-order valence-corrected chi connectivity index (χ3v) is 4.17. The van der Waals surface area contributed by atoms with E-state index in [4.69, 9.17) is 0 Å². The SMILES string of the molecule is O=C(O)c1sc(-c2cscn2)nc1-c1ccccc1. The molecule has 0 fully saturated rings. The van der Waals surface area contributed by atoms with Crippen molar-refractivity contribution < 1.29 is 9.90 Å². The Morgan fingerprint density at radius 3 is 2.63 bits per heavy atom. The molecule has 1 aromatic carbocycles. The highest BCUT2D eigenvalue weighted by atomic mass is 32.1. The quantitative estimate of drug-likeness (QED) is 0.799. The van der Waals surface area contributed by atoms with Crippen molar-refractivity contribution in [2.45, 2.75) is 0 Å². The van der Waals surface area contributed by atoms with E-state index in [9.17, 15) is 9.90 Å². The molecule has 19 heavy (non-hydrogen) atoms. The van der Waals surface area contributed by atoms with E-state index in [0.29, 0.717) is 10.7 Å². The van der Waals surface area contributed by atoms with Crippen LogP contribution >= 0.6 is 22.7 Å². The lowest BCUT2D eigenvalue weighted by atomic mass is 10.1. The topological polar surface area (TPSA) is 63.1 Å². The lowest BCUT2D eigenvalue weighted by Crippen LogP contribution is -1.95. The minimum Gasteiger partial charge on any atom is -0.477 e. The van der Waals surface area contributed by atoms with Gasteiger partial charge in [0.25, 0.3) is 0 Å². The lowest BCUT2D eigenvalue weighted by molar-refractivity contribution is 0.0702. The predicted molar refractivity (Wildman–Crippen MR) is 75.6 cm³/mol. The van der Waals surface area contributed by atoms with E-state index < -0.39 is 5.97 Å². The van der Waals surface area contributed by atoms with Crippen molar-refractivity contribution in [3.8, 4) is 22.0 Å². The number of carbonyl (C=O) groups is 1. The Morgan fingerprint density at radius 1 is 1.21 bits per heavy atom. The summed E-state index contributed by atoms with van der Waals surface area (Å²) < 4.78 is 0. The first-order valence-electron chi connectivity index (χ1n) is 5.44. The smallest absolute Gasteiger partial charge is 0.348 e. The first kappa shape index (κ1) is 12.0. The molecular weight excluding hydrogens is 280 g/mol. The molecule has 0 aliphatic carbocycles. The molecule has 0 saturated heterocycles. The molecule has 0 bridgehead atoms. The summed E-state index contributed by atoms with van der Waals surface area (Å²) >= 11 is 2.62. The Labute approximate surface area is 117 Å². The molecule has 0 saturated carbocycles. The summed E-state index contributed by atoms with van der Waals surface area (Å²) in [5, 5.41) is 11.8. The number of nitrogens with zero attached hydrogens (tertiary/aromatic N) is 2. The Kier molecular flexibility index (Phi) is 3.10. The van der Waals surface area contributed by atoms with Gasteiger partial charge in [-0.15, -0.1) is 22.7 Å². The molecule has 1 N–H and O–H groups in total. The van der Waals surface area contributed by atoms with Gasteiger partial charge in [-0.1, -0.05) is 30.3 Å². The third-order valence-electron chi connectivity index (χ3n) is 2.52. The van der Waals surface area contributed by atoms with Crippen LogP contribution in [0.25, 0.3) is 22.0 Å². The Balaban J connectivity index is 2.16. The maximum atomic E-state index is 11.3. The molecule has 2 aromatic heterocycles. The Hall–Kier alpha value is -2.05. The largest absolute Gasteiger partial charge is 0.477 e. The van der Waals surface area contributed by atoms with Gasteiger partial charge in [0.15, 0.2) is 0 Å². The van der Waals surface area contributed by atoms with Crippen LogP contribution in [0, 0.1) is 0 Å². The van der Waals surface area contributed by atoms with E-state index in [1.54, 1.807) is 5.51 Å². The van der Waals surface area contributed by atoms with Gasteiger partial charge in [-0.3, -0.25) is 0 Å². The minimum atomic E-state index is -0.960. The molecule has 2 heterocycles. The van der Waals surface area contributed by atoms with Gasteiger partial charge in [0, 0.05) is 10.9 Å². The van der Waals surface area contributed by atoms with Crippen LogP contribution in [0.2, 0.25) is 0 Å². The Morgan fingerprint density at radius 2 is 2.00 bits per heavy atom.